The molecule has 0 amide bonds. The van der Waals surface area contributed by atoms with Crippen LogP contribution in [0.25, 0.3) is 0 Å². The monoisotopic (exact) mass is 252 g/mol. The Morgan fingerprint density at radius 2 is 1.28 bits per heavy atom. The lowest BCUT2D eigenvalue weighted by molar-refractivity contribution is 0.0927. The summed E-state index contributed by atoms with van der Waals surface area (Å²) in [4.78, 5) is 0. The molecule has 2 saturated carbocycles. The fourth-order valence-electron chi connectivity index (χ4n) is 4.42. The minimum Gasteiger partial charge on any atom is -0.384 e. The predicted octanol–water partition coefficient (Wildman–Crippen LogP) is 5.05. The van der Waals surface area contributed by atoms with Gasteiger partial charge in [0.15, 0.2) is 0 Å². The maximum absolute atomic E-state index is 5.30. The van der Waals surface area contributed by atoms with E-state index in [4.69, 9.17) is 4.74 Å². The Morgan fingerprint density at radius 3 is 1.72 bits per heavy atom. The smallest absolute Gasteiger partial charge is 0.0490 e. The van der Waals surface area contributed by atoms with E-state index in [0.717, 1.165) is 30.3 Å². The molecule has 2 aliphatic rings. The molecule has 0 bridgehead atoms. The molecule has 2 rings (SSSR count). The third kappa shape index (κ3) is 3.98. The Bertz CT molecular complexity index is 186. The van der Waals surface area contributed by atoms with Gasteiger partial charge in [-0.05, 0) is 62.2 Å². The van der Waals surface area contributed by atoms with E-state index < -0.39 is 0 Å². The summed E-state index contributed by atoms with van der Waals surface area (Å²) >= 11 is 0. The van der Waals surface area contributed by atoms with Crippen molar-refractivity contribution in [1.82, 2.24) is 0 Å². The first-order valence-electron chi connectivity index (χ1n) is 8.32. The molecule has 0 atom stereocenters. The van der Waals surface area contributed by atoms with Crippen LogP contribution in [0, 0.1) is 23.7 Å². The average molecular weight is 252 g/mol. The molecule has 1 heteroatoms. The van der Waals surface area contributed by atoms with Gasteiger partial charge in [0.05, 0.1) is 0 Å². The molecule has 0 heterocycles. The SMILES string of the molecule is CCCC1CCC(C2CCC(COC)CC2)CC1. The van der Waals surface area contributed by atoms with Crippen LogP contribution < -0.4 is 0 Å². The van der Waals surface area contributed by atoms with Gasteiger partial charge in [-0.3, -0.25) is 0 Å². The van der Waals surface area contributed by atoms with Gasteiger partial charge in [-0.25, -0.2) is 0 Å². The highest BCUT2D eigenvalue weighted by Gasteiger charge is 2.30. The summed E-state index contributed by atoms with van der Waals surface area (Å²) in [7, 11) is 1.85. The summed E-state index contributed by atoms with van der Waals surface area (Å²) in [5.41, 5.74) is 0. The maximum atomic E-state index is 5.30. The fraction of sp³-hybridized carbons (Fsp3) is 1.00. The second kappa shape index (κ2) is 7.53. The first-order valence-corrected chi connectivity index (χ1v) is 8.32. The van der Waals surface area contributed by atoms with Crippen LogP contribution in [0.15, 0.2) is 0 Å². The van der Waals surface area contributed by atoms with E-state index in [1.54, 1.807) is 0 Å². The lowest BCUT2D eigenvalue weighted by Crippen LogP contribution is -2.27. The quantitative estimate of drug-likeness (QED) is 0.665. The van der Waals surface area contributed by atoms with Gasteiger partial charge < -0.3 is 4.74 Å². The molecule has 18 heavy (non-hydrogen) atoms. The van der Waals surface area contributed by atoms with Gasteiger partial charge >= 0.3 is 0 Å². The lowest BCUT2D eigenvalue weighted by Gasteiger charge is -2.37. The summed E-state index contributed by atoms with van der Waals surface area (Å²) in [6.45, 7) is 3.33. The van der Waals surface area contributed by atoms with E-state index in [1.807, 2.05) is 7.11 Å². The molecule has 0 aromatic heterocycles. The molecule has 0 N–H and O–H groups in total. The minimum absolute atomic E-state index is 0.864. The topological polar surface area (TPSA) is 9.23 Å². The van der Waals surface area contributed by atoms with E-state index in [2.05, 4.69) is 6.92 Å². The van der Waals surface area contributed by atoms with Gasteiger partial charge in [0.1, 0.15) is 0 Å². The van der Waals surface area contributed by atoms with Crippen LogP contribution >= 0.6 is 0 Å². The summed E-state index contributed by atoms with van der Waals surface area (Å²) in [6.07, 6.45) is 14.8. The van der Waals surface area contributed by atoms with Crippen molar-refractivity contribution in [3.05, 3.63) is 0 Å². The Hall–Kier alpha value is -0.0400. The van der Waals surface area contributed by atoms with Crippen LogP contribution in [0.2, 0.25) is 0 Å². The number of hydrogen-bond acceptors (Lipinski definition) is 1. The zero-order valence-electron chi connectivity index (χ0n) is 12.5. The van der Waals surface area contributed by atoms with Crippen molar-refractivity contribution in [3.63, 3.8) is 0 Å². The molecule has 0 unspecified atom stereocenters. The van der Waals surface area contributed by atoms with Gasteiger partial charge in [-0.2, -0.15) is 0 Å². The highest BCUT2D eigenvalue weighted by atomic mass is 16.5. The van der Waals surface area contributed by atoms with Crippen LogP contribution in [-0.4, -0.2) is 13.7 Å². The number of ether oxygens (including phenoxy) is 1. The van der Waals surface area contributed by atoms with E-state index in [0.29, 0.717) is 0 Å². The molecule has 2 fully saturated rings. The van der Waals surface area contributed by atoms with Gasteiger partial charge in [0.2, 0.25) is 0 Å². The van der Waals surface area contributed by atoms with Crippen molar-refractivity contribution < 1.29 is 4.74 Å². The normalized spacial score (nSPS) is 37.7. The van der Waals surface area contributed by atoms with Crippen molar-refractivity contribution in [2.75, 3.05) is 13.7 Å². The summed E-state index contributed by atoms with van der Waals surface area (Å²) in [6, 6.07) is 0. The Morgan fingerprint density at radius 1 is 0.778 bits per heavy atom. The number of rotatable bonds is 5. The van der Waals surface area contributed by atoms with Crippen LogP contribution in [0.4, 0.5) is 0 Å². The molecule has 106 valence electrons. The van der Waals surface area contributed by atoms with Crippen molar-refractivity contribution >= 4 is 0 Å². The van der Waals surface area contributed by atoms with Crippen LogP contribution in [-0.2, 0) is 4.74 Å². The fourth-order valence-corrected chi connectivity index (χ4v) is 4.42. The largest absolute Gasteiger partial charge is 0.384 e. The van der Waals surface area contributed by atoms with Crippen molar-refractivity contribution in [2.45, 2.75) is 71.1 Å². The standard InChI is InChI=1S/C17H32O/c1-3-4-14-5-9-16(10-6-14)17-11-7-15(8-12-17)13-18-2/h14-17H,3-13H2,1-2H3. The van der Waals surface area contributed by atoms with Crippen LogP contribution in [0.1, 0.15) is 71.1 Å². The third-order valence-electron chi connectivity index (χ3n) is 5.55. The van der Waals surface area contributed by atoms with Gasteiger partial charge in [-0.15, -0.1) is 0 Å². The van der Waals surface area contributed by atoms with E-state index in [1.165, 1.54) is 64.2 Å². The summed E-state index contributed by atoms with van der Waals surface area (Å²) in [5, 5.41) is 0. The minimum atomic E-state index is 0.864. The summed E-state index contributed by atoms with van der Waals surface area (Å²) < 4.78 is 5.30. The molecule has 0 radical (unpaired) electrons. The van der Waals surface area contributed by atoms with Crippen molar-refractivity contribution in [2.24, 2.45) is 23.7 Å². The first kappa shape index (κ1) is 14.4. The molecular weight excluding hydrogens is 220 g/mol. The molecule has 2 aliphatic carbocycles. The first-order chi connectivity index (χ1) is 8.83. The molecule has 0 aromatic rings. The Labute approximate surface area is 114 Å². The molecule has 0 aromatic carbocycles. The highest BCUT2D eigenvalue weighted by molar-refractivity contribution is 4.81. The third-order valence-corrected chi connectivity index (χ3v) is 5.55. The maximum Gasteiger partial charge on any atom is 0.0490 e. The van der Waals surface area contributed by atoms with Gasteiger partial charge in [-0.1, -0.05) is 32.6 Å². The Kier molecular flexibility index (Phi) is 6.01. The second-order valence-electron chi connectivity index (χ2n) is 6.81. The second-order valence-corrected chi connectivity index (χ2v) is 6.81. The zero-order chi connectivity index (χ0) is 12.8. The molecule has 0 saturated heterocycles. The lowest BCUT2D eigenvalue weighted by atomic mass is 9.69. The summed E-state index contributed by atoms with van der Waals surface area (Å²) in [5.74, 6) is 4.06. The molecule has 0 spiro atoms. The highest BCUT2D eigenvalue weighted by Crippen LogP contribution is 2.42. The van der Waals surface area contributed by atoms with Crippen LogP contribution in [0.5, 0.6) is 0 Å². The molecule has 0 aliphatic heterocycles. The van der Waals surface area contributed by atoms with E-state index >= 15 is 0 Å². The van der Waals surface area contributed by atoms with E-state index in [9.17, 15) is 0 Å². The number of hydrogen-bond donors (Lipinski definition) is 0. The average Bonchev–Trinajstić information content (AvgIpc) is 2.41. The zero-order valence-corrected chi connectivity index (χ0v) is 12.5. The molecular formula is C17H32O. The van der Waals surface area contributed by atoms with Gasteiger partial charge in [0.25, 0.3) is 0 Å². The van der Waals surface area contributed by atoms with Crippen molar-refractivity contribution in [1.29, 1.82) is 0 Å². The molecule has 1 nitrogen and oxygen atoms in total. The Balaban J connectivity index is 1.68. The van der Waals surface area contributed by atoms with Crippen molar-refractivity contribution in [3.8, 4) is 0 Å². The van der Waals surface area contributed by atoms with E-state index in [-0.39, 0.29) is 0 Å². The van der Waals surface area contributed by atoms with Crippen LogP contribution in [0.3, 0.4) is 0 Å². The van der Waals surface area contributed by atoms with Gasteiger partial charge in [0, 0.05) is 13.7 Å². The number of methoxy groups -OCH3 is 1. The predicted molar refractivity (Wildman–Crippen MR) is 77.7 cm³/mol.